The molecule has 0 aliphatic heterocycles. The average molecular weight is 206 g/mol. The summed E-state index contributed by atoms with van der Waals surface area (Å²) < 4.78 is 0. The Morgan fingerprint density at radius 3 is 2.40 bits per heavy atom. The molecule has 0 bridgehead atoms. The zero-order valence-electron chi connectivity index (χ0n) is 9.74. The minimum absolute atomic E-state index is 0.136. The van der Waals surface area contributed by atoms with Crippen molar-refractivity contribution in [1.82, 2.24) is 9.97 Å². The molecule has 15 heavy (non-hydrogen) atoms. The largest absolute Gasteiger partial charge is 0.327 e. The van der Waals surface area contributed by atoms with Crippen molar-refractivity contribution in [2.24, 2.45) is 0 Å². The maximum atomic E-state index is 11.1. The molecule has 2 heterocycles. The summed E-state index contributed by atoms with van der Waals surface area (Å²) in [4.78, 5) is 17.6. The number of fused-ring (bicyclic) bond motifs is 1. The van der Waals surface area contributed by atoms with Crippen LogP contribution in [0.25, 0.3) is 10.9 Å². The van der Waals surface area contributed by atoms with Crippen LogP contribution >= 0.6 is 0 Å². The molecule has 2 aromatic rings. The van der Waals surface area contributed by atoms with Crippen LogP contribution in [0.5, 0.6) is 0 Å². The Labute approximate surface area is 90.2 Å². The lowest BCUT2D eigenvalue weighted by atomic mass is 10.3. The van der Waals surface area contributed by atoms with Crippen LogP contribution in [0.2, 0.25) is 0 Å². The molecule has 0 aliphatic rings. The lowest BCUT2D eigenvalue weighted by molar-refractivity contribution is 1.24. The minimum Gasteiger partial charge on any atom is -0.327 e. The standard InChI is InChI=1S/C8H6N2O.2C2H6/c11-8-7-6(3-5-10-8)2-1-4-9-7;2*1-2/h1-5H,(H,10,11);2*1-2H3. The number of nitrogens with one attached hydrogen (secondary N) is 1. The van der Waals surface area contributed by atoms with Gasteiger partial charge in [-0.1, -0.05) is 33.8 Å². The van der Waals surface area contributed by atoms with Gasteiger partial charge in [-0.3, -0.25) is 9.78 Å². The molecule has 3 heteroatoms. The van der Waals surface area contributed by atoms with Crippen LogP contribution < -0.4 is 5.56 Å². The van der Waals surface area contributed by atoms with E-state index in [9.17, 15) is 4.79 Å². The highest BCUT2D eigenvalue weighted by Gasteiger charge is 1.94. The molecule has 3 nitrogen and oxygen atoms in total. The first-order chi connectivity index (χ1) is 7.38. The summed E-state index contributed by atoms with van der Waals surface area (Å²) in [5, 5.41) is 0.872. The Bertz CT molecular complexity index is 429. The van der Waals surface area contributed by atoms with Gasteiger partial charge in [-0.25, -0.2) is 0 Å². The molecule has 0 aliphatic carbocycles. The summed E-state index contributed by atoms with van der Waals surface area (Å²) in [5.74, 6) is 0. The predicted molar refractivity (Wildman–Crippen MR) is 65.1 cm³/mol. The van der Waals surface area contributed by atoms with E-state index < -0.39 is 0 Å². The van der Waals surface area contributed by atoms with Gasteiger partial charge in [-0.15, -0.1) is 0 Å². The van der Waals surface area contributed by atoms with Gasteiger partial charge in [-0.2, -0.15) is 0 Å². The predicted octanol–water partition coefficient (Wildman–Crippen LogP) is 2.98. The molecule has 0 saturated carbocycles. The van der Waals surface area contributed by atoms with E-state index in [1.807, 2.05) is 45.9 Å². The first-order valence-electron chi connectivity index (χ1n) is 5.30. The molecule has 0 saturated heterocycles. The van der Waals surface area contributed by atoms with Gasteiger partial charge in [-0.05, 0) is 12.1 Å². The highest BCUT2D eigenvalue weighted by Crippen LogP contribution is 2.02. The third kappa shape index (κ3) is 3.54. The normalized spacial score (nSPS) is 8.27. The van der Waals surface area contributed by atoms with E-state index in [4.69, 9.17) is 0 Å². The molecule has 1 N–H and O–H groups in total. The molecular weight excluding hydrogens is 188 g/mol. The van der Waals surface area contributed by atoms with Gasteiger partial charge >= 0.3 is 0 Å². The lowest BCUT2D eigenvalue weighted by Crippen LogP contribution is -2.05. The number of nitrogens with zero attached hydrogens (tertiary/aromatic N) is 1. The van der Waals surface area contributed by atoms with Crippen molar-refractivity contribution in [1.29, 1.82) is 0 Å². The van der Waals surface area contributed by atoms with Crippen LogP contribution in [0, 0.1) is 0 Å². The Hall–Kier alpha value is -1.64. The van der Waals surface area contributed by atoms with E-state index in [1.54, 1.807) is 12.4 Å². The molecule has 0 amide bonds. The van der Waals surface area contributed by atoms with Crippen LogP contribution in [0.3, 0.4) is 0 Å². The molecule has 0 radical (unpaired) electrons. The number of rotatable bonds is 0. The summed E-state index contributed by atoms with van der Waals surface area (Å²) in [6.45, 7) is 8.00. The molecule has 0 unspecified atom stereocenters. The summed E-state index contributed by atoms with van der Waals surface area (Å²) in [5.41, 5.74) is 0.359. The molecule has 82 valence electrons. The van der Waals surface area contributed by atoms with Crippen LogP contribution in [0.4, 0.5) is 0 Å². The third-order valence-corrected chi connectivity index (χ3v) is 1.53. The van der Waals surface area contributed by atoms with Crippen molar-refractivity contribution in [3.63, 3.8) is 0 Å². The highest BCUT2D eigenvalue weighted by molar-refractivity contribution is 5.76. The number of hydrogen-bond acceptors (Lipinski definition) is 2. The second-order valence-corrected chi connectivity index (χ2v) is 2.25. The lowest BCUT2D eigenvalue weighted by Gasteiger charge is -1.91. The number of hydrogen-bond donors (Lipinski definition) is 1. The van der Waals surface area contributed by atoms with E-state index >= 15 is 0 Å². The van der Waals surface area contributed by atoms with Crippen molar-refractivity contribution >= 4 is 10.9 Å². The van der Waals surface area contributed by atoms with E-state index in [2.05, 4.69) is 9.97 Å². The minimum atomic E-state index is -0.136. The van der Waals surface area contributed by atoms with E-state index in [0.29, 0.717) is 5.52 Å². The van der Waals surface area contributed by atoms with Gasteiger partial charge in [0.05, 0.1) is 0 Å². The fraction of sp³-hybridized carbons (Fsp3) is 0.333. The van der Waals surface area contributed by atoms with Gasteiger partial charge in [0.15, 0.2) is 0 Å². The van der Waals surface area contributed by atoms with E-state index in [0.717, 1.165) is 5.39 Å². The SMILES string of the molecule is CC.CC.O=c1[nH]ccc2cccnc12. The fourth-order valence-corrected chi connectivity index (χ4v) is 1.02. The summed E-state index contributed by atoms with van der Waals surface area (Å²) in [6, 6.07) is 5.49. The third-order valence-electron chi connectivity index (χ3n) is 1.53. The van der Waals surface area contributed by atoms with Gasteiger partial charge in [0.2, 0.25) is 0 Å². The van der Waals surface area contributed by atoms with Crippen LogP contribution in [-0.4, -0.2) is 9.97 Å². The van der Waals surface area contributed by atoms with Crippen molar-refractivity contribution in [3.8, 4) is 0 Å². The highest BCUT2D eigenvalue weighted by atomic mass is 16.1. The maximum Gasteiger partial charge on any atom is 0.274 e. The second-order valence-electron chi connectivity index (χ2n) is 2.25. The zero-order valence-corrected chi connectivity index (χ0v) is 9.74. The molecule has 0 fully saturated rings. The maximum absolute atomic E-state index is 11.1. The van der Waals surface area contributed by atoms with Crippen molar-refractivity contribution in [2.45, 2.75) is 27.7 Å². The first-order valence-corrected chi connectivity index (χ1v) is 5.30. The molecule has 0 spiro atoms. The fourth-order valence-electron chi connectivity index (χ4n) is 1.02. The first kappa shape index (κ1) is 13.4. The summed E-state index contributed by atoms with van der Waals surface area (Å²) in [6.07, 6.45) is 3.23. The quantitative estimate of drug-likeness (QED) is 0.720. The molecule has 0 atom stereocenters. The number of aromatic amines is 1. The Kier molecular flexibility index (Phi) is 6.89. The van der Waals surface area contributed by atoms with E-state index in [1.165, 1.54) is 0 Å². The Morgan fingerprint density at radius 2 is 1.80 bits per heavy atom. The topological polar surface area (TPSA) is 45.8 Å². The smallest absolute Gasteiger partial charge is 0.274 e. The average Bonchev–Trinajstić information content (AvgIpc) is 2.35. The van der Waals surface area contributed by atoms with E-state index in [-0.39, 0.29) is 5.56 Å². The molecule has 2 rings (SSSR count). The van der Waals surface area contributed by atoms with Gasteiger partial charge in [0, 0.05) is 17.8 Å². The second kappa shape index (κ2) is 7.74. The molecule has 0 aromatic carbocycles. The van der Waals surface area contributed by atoms with Gasteiger partial charge in [0.1, 0.15) is 5.52 Å². The zero-order chi connectivity index (χ0) is 11.7. The number of H-pyrrole nitrogens is 1. The van der Waals surface area contributed by atoms with Crippen molar-refractivity contribution in [3.05, 3.63) is 40.9 Å². The summed E-state index contributed by atoms with van der Waals surface area (Å²) in [7, 11) is 0. The van der Waals surface area contributed by atoms with Crippen LogP contribution in [0.1, 0.15) is 27.7 Å². The molecular formula is C12H18N2O. The Morgan fingerprint density at radius 1 is 1.13 bits per heavy atom. The van der Waals surface area contributed by atoms with Gasteiger partial charge < -0.3 is 4.98 Å². The number of aromatic nitrogens is 2. The van der Waals surface area contributed by atoms with Crippen molar-refractivity contribution < 1.29 is 0 Å². The van der Waals surface area contributed by atoms with Crippen molar-refractivity contribution in [2.75, 3.05) is 0 Å². The molecule has 2 aromatic heterocycles. The summed E-state index contributed by atoms with van der Waals surface area (Å²) >= 11 is 0. The van der Waals surface area contributed by atoms with Crippen LogP contribution in [-0.2, 0) is 0 Å². The monoisotopic (exact) mass is 206 g/mol. The Balaban J connectivity index is 0.000000442. The van der Waals surface area contributed by atoms with Gasteiger partial charge in [0.25, 0.3) is 5.56 Å². The number of pyridine rings is 2. The van der Waals surface area contributed by atoms with Crippen LogP contribution in [0.15, 0.2) is 35.4 Å².